The Balaban J connectivity index is 1.80. The molecule has 2 aliphatic rings. The number of amides is 2. The highest BCUT2D eigenvalue weighted by atomic mass is 16.5. The van der Waals surface area contributed by atoms with E-state index in [-0.39, 0.29) is 34.1 Å². The molecule has 0 saturated carbocycles. The summed E-state index contributed by atoms with van der Waals surface area (Å²) in [5, 5.41) is 0. The van der Waals surface area contributed by atoms with Crippen molar-refractivity contribution in [2.24, 2.45) is 0 Å². The molecule has 0 unspecified atom stereocenters. The van der Waals surface area contributed by atoms with Crippen LogP contribution >= 0.6 is 0 Å². The van der Waals surface area contributed by atoms with Crippen LogP contribution in [-0.2, 0) is 9.47 Å². The van der Waals surface area contributed by atoms with E-state index in [1.54, 1.807) is 24.3 Å². The summed E-state index contributed by atoms with van der Waals surface area (Å²) in [4.78, 5) is 30.2. The van der Waals surface area contributed by atoms with Crippen LogP contribution in [0.4, 0.5) is 0 Å². The first-order valence-corrected chi connectivity index (χ1v) is 10.7. The van der Waals surface area contributed by atoms with Gasteiger partial charge in [0.25, 0.3) is 11.8 Å². The number of ether oxygens (including phenoxy) is 2. The summed E-state index contributed by atoms with van der Waals surface area (Å²) in [5.41, 5.74) is -0.363. The lowest BCUT2D eigenvalue weighted by Crippen LogP contribution is -2.61. The normalized spacial score (nSPS) is 24.4. The second kappa shape index (κ2) is 7.34. The number of nitrogens with zero attached hydrogens (tertiary/aromatic N) is 2. The Bertz CT molecular complexity index is 755. The van der Waals surface area contributed by atoms with Crippen LogP contribution in [-0.4, -0.2) is 70.2 Å². The zero-order valence-corrected chi connectivity index (χ0v) is 19.7. The molecule has 0 N–H and O–H groups in total. The molecular formula is C24H36N2O4. The van der Waals surface area contributed by atoms with Crippen LogP contribution in [0, 0.1) is 0 Å². The number of carbonyl (C=O) groups is 2. The van der Waals surface area contributed by atoms with Crippen molar-refractivity contribution in [2.75, 3.05) is 26.3 Å². The van der Waals surface area contributed by atoms with E-state index in [1.807, 2.05) is 65.2 Å². The van der Waals surface area contributed by atoms with Crippen molar-refractivity contribution in [1.82, 2.24) is 9.80 Å². The van der Waals surface area contributed by atoms with Crippen molar-refractivity contribution in [3.63, 3.8) is 0 Å². The van der Waals surface area contributed by atoms with E-state index in [1.165, 1.54) is 0 Å². The summed E-state index contributed by atoms with van der Waals surface area (Å²) in [6, 6.07) is 7.03. The molecule has 2 aliphatic heterocycles. The third-order valence-corrected chi connectivity index (χ3v) is 6.04. The molecule has 2 amide bonds. The Morgan fingerprint density at radius 3 is 1.27 bits per heavy atom. The van der Waals surface area contributed by atoms with Gasteiger partial charge in [-0.1, -0.05) is 0 Å². The minimum Gasteiger partial charge on any atom is -0.371 e. The largest absolute Gasteiger partial charge is 0.371 e. The van der Waals surface area contributed by atoms with Gasteiger partial charge in [0.2, 0.25) is 0 Å². The first-order valence-electron chi connectivity index (χ1n) is 10.7. The maximum Gasteiger partial charge on any atom is 0.254 e. The summed E-state index contributed by atoms with van der Waals surface area (Å²) in [7, 11) is 0. The molecule has 166 valence electrons. The maximum atomic E-state index is 13.2. The molecule has 1 aromatic carbocycles. The first kappa shape index (κ1) is 22.8. The van der Waals surface area contributed by atoms with Gasteiger partial charge in [0.15, 0.2) is 0 Å². The maximum absolute atomic E-state index is 13.2. The lowest BCUT2D eigenvalue weighted by atomic mass is 9.94. The average Bonchev–Trinajstić information content (AvgIpc) is 2.65. The molecule has 2 fully saturated rings. The van der Waals surface area contributed by atoms with Crippen molar-refractivity contribution in [3.05, 3.63) is 35.4 Å². The third kappa shape index (κ3) is 4.54. The lowest BCUT2D eigenvalue weighted by molar-refractivity contribution is -0.128. The molecule has 3 rings (SSSR count). The van der Waals surface area contributed by atoms with Gasteiger partial charge >= 0.3 is 0 Å². The van der Waals surface area contributed by atoms with Gasteiger partial charge in [-0.15, -0.1) is 0 Å². The van der Waals surface area contributed by atoms with Gasteiger partial charge < -0.3 is 19.3 Å². The van der Waals surface area contributed by atoms with E-state index in [0.29, 0.717) is 37.4 Å². The molecule has 1 aromatic rings. The van der Waals surface area contributed by atoms with Crippen LogP contribution < -0.4 is 0 Å². The quantitative estimate of drug-likeness (QED) is 0.737. The summed E-state index contributed by atoms with van der Waals surface area (Å²) >= 11 is 0. The van der Waals surface area contributed by atoms with Crippen LogP contribution in [0.5, 0.6) is 0 Å². The Kier molecular flexibility index (Phi) is 5.57. The van der Waals surface area contributed by atoms with Gasteiger partial charge in [0.1, 0.15) is 0 Å². The van der Waals surface area contributed by atoms with Crippen LogP contribution in [0.25, 0.3) is 0 Å². The van der Waals surface area contributed by atoms with Gasteiger partial charge in [-0.2, -0.15) is 0 Å². The van der Waals surface area contributed by atoms with E-state index in [0.717, 1.165) is 0 Å². The third-order valence-electron chi connectivity index (χ3n) is 6.04. The molecule has 2 heterocycles. The van der Waals surface area contributed by atoms with Crippen LogP contribution in [0.1, 0.15) is 76.1 Å². The monoisotopic (exact) mass is 416 g/mol. The fraction of sp³-hybridized carbons (Fsp3) is 0.667. The van der Waals surface area contributed by atoms with E-state index >= 15 is 0 Å². The summed E-state index contributed by atoms with van der Waals surface area (Å²) < 4.78 is 11.8. The van der Waals surface area contributed by atoms with Gasteiger partial charge in [-0.3, -0.25) is 9.59 Å². The van der Waals surface area contributed by atoms with Gasteiger partial charge in [-0.05, 0) is 79.7 Å². The SMILES string of the molecule is CC1(C)CN(C(=O)c2ccc(C(=O)N3CC(C)(C)OCC3(C)C)cc2)C(C)(C)CO1. The molecule has 0 atom stereocenters. The molecule has 0 spiro atoms. The summed E-state index contributed by atoms with van der Waals surface area (Å²) in [5.74, 6) is -0.0774. The Morgan fingerprint density at radius 1 is 0.667 bits per heavy atom. The predicted octanol–water partition coefficient (Wildman–Crippen LogP) is 3.75. The van der Waals surface area contributed by atoms with Gasteiger partial charge in [-0.25, -0.2) is 0 Å². The second-order valence-corrected chi connectivity index (χ2v) is 11.1. The summed E-state index contributed by atoms with van der Waals surface area (Å²) in [6.45, 7) is 18.1. The standard InChI is InChI=1S/C24H36N2O4/c1-21(2)15-29-23(5,6)13-25(21)19(27)17-9-11-18(12-10-17)20(28)26-14-24(7,8)30-16-22(26,3)4/h9-12H,13-16H2,1-8H3. The molecule has 30 heavy (non-hydrogen) atoms. The van der Waals surface area contributed by atoms with E-state index < -0.39 is 0 Å². The van der Waals surface area contributed by atoms with Gasteiger partial charge in [0.05, 0.1) is 48.6 Å². The second-order valence-electron chi connectivity index (χ2n) is 11.1. The number of morpholine rings is 2. The average molecular weight is 417 g/mol. The summed E-state index contributed by atoms with van der Waals surface area (Å²) in [6.07, 6.45) is 0. The molecule has 2 saturated heterocycles. The Labute approximate surface area is 180 Å². The highest BCUT2D eigenvalue weighted by molar-refractivity contribution is 5.98. The fourth-order valence-electron chi connectivity index (χ4n) is 3.94. The van der Waals surface area contributed by atoms with E-state index in [9.17, 15) is 9.59 Å². The van der Waals surface area contributed by atoms with E-state index in [4.69, 9.17) is 9.47 Å². The molecule has 6 heteroatoms. The Morgan fingerprint density at radius 2 is 0.967 bits per heavy atom. The number of carbonyl (C=O) groups excluding carboxylic acids is 2. The van der Waals surface area contributed by atoms with Crippen molar-refractivity contribution >= 4 is 11.8 Å². The first-order chi connectivity index (χ1) is 13.6. The predicted molar refractivity (Wildman–Crippen MR) is 117 cm³/mol. The molecular weight excluding hydrogens is 380 g/mol. The van der Waals surface area contributed by atoms with Crippen molar-refractivity contribution in [2.45, 2.75) is 77.7 Å². The minimum atomic E-state index is -0.384. The fourth-order valence-corrected chi connectivity index (χ4v) is 3.94. The smallest absolute Gasteiger partial charge is 0.254 e. The van der Waals surface area contributed by atoms with Crippen LogP contribution in [0.3, 0.4) is 0 Å². The Hall–Kier alpha value is -1.92. The zero-order valence-electron chi connectivity index (χ0n) is 19.7. The topological polar surface area (TPSA) is 59.1 Å². The van der Waals surface area contributed by atoms with E-state index in [2.05, 4.69) is 0 Å². The molecule has 0 aliphatic carbocycles. The van der Waals surface area contributed by atoms with Crippen LogP contribution in [0.2, 0.25) is 0 Å². The molecule has 0 aromatic heterocycles. The number of rotatable bonds is 2. The molecule has 0 bridgehead atoms. The van der Waals surface area contributed by atoms with Gasteiger partial charge in [0, 0.05) is 11.1 Å². The number of hydrogen-bond donors (Lipinski definition) is 0. The number of benzene rings is 1. The van der Waals surface area contributed by atoms with Crippen LogP contribution in [0.15, 0.2) is 24.3 Å². The zero-order chi connectivity index (χ0) is 22.5. The molecule has 0 radical (unpaired) electrons. The minimum absolute atomic E-state index is 0.0387. The highest BCUT2D eigenvalue weighted by Gasteiger charge is 2.43. The van der Waals surface area contributed by atoms with Crippen molar-refractivity contribution in [1.29, 1.82) is 0 Å². The number of hydrogen-bond acceptors (Lipinski definition) is 4. The van der Waals surface area contributed by atoms with Crippen molar-refractivity contribution in [3.8, 4) is 0 Å². The lowest BCUT2D eigenvalue weighted by Gasteiger charge is -2.49. The highest BCUT2D eigenvalue weighted by Crippen LogP contribution is 2.31. The van der Waals surface area contributed by atoms with Crippen molar-refractivity contribution < 1.29 is 19.1 Å². The molecule has 6 nitrogen and oxygen atoms in total.